The number of carbonyl (C=O) groups excluding carboxylic acids is 1. The molecule has 2 unspecified atom stereocenters. The number of hydrogen-bond donors (Lipinski definition) is 0. The molecule has 4 aliphatic rings. The van der Waals surface area contributed by atoms with Gasteiger partial charge in [0.05, 0.1) is 0 Å². The molecule has 0 saturated heterocycles. The maximum atomic E-state index is 11.9. The summed E-state index contributed by atoms with van der Waals surface area (Å²) in [5.41, 5.74) is 1.12. The Morgan fingerprint density at radius 1 is 0.929 bits per heavy atom. The van der Waals surface area contributed by atoms with Gasteiger partial charge in [-0.3, -0.25) is 4.79 Å². The quantitative estimate of drug-likeness (QED) is 0.584. The summed E-state index contributed by atoms with van der Waals surface area (Å²) in [6.45, 7) is 7.25. The molecule has 1 amide bonds. The van der Waals surface area contributed by atoms with E-state index in [0.717, 1.165) is 43.2 Å². The number of rotatable bonds is 6. The minimum atomic E-state index is 0.471. The van der Waals surface area contributed by atoms with E-state index in [4.69, 9.17) is 0 Å². The zero-order valence-corrected chi connectivity index (χ0v) is 19.0. The molecule has 0 heterocycles. The predicted octanol–water partition coefficient (Wildman–Crippen LogP) is 5.20. The molecule has 0 bridgehead atoms. The fourth-order valence-corrected chi connectivity index (χ4v) is 8.50. The number of amides is 1. The van der Waals surface area contributed by atoms with Gasteiger partial charge in [-0.1, -0.05) is 20.3 Å². The first-order valence-corrected chi connectivity index (χ1v) is 12.2. The smallest absolute Gasteiger partial charge is 0.209 e. The van der Waals surface area contributed by atoms with Crippen LogP contribution in [0, 0.1) is 34.5 Å². The summed E-state index contributed by atoms with van der Waals surface area (Å²) < 4.78 is 0. The highest BCUT2D eigenvalue weighted by molar-refractivity contribution is 5.47. The van der Waals surface area contributed by atoms with Crippen molar-refractivity contribution >= 4 is 6.41 Å². The van der Waals surface area contributed by atoms with E-state index >= 15 is 0 Å². The summed E-state index contributed by atoms with van der Waals surface area (Å²) in [7, 11) is 4.25. The summed E-state index contributed by atoms with van der Waals surface area (Å²) >= 11 is 0. The van der Waals surface area contributed by atoms with Gasteiger partial charge in [-0.2, -0.15) is 0 Å². The normalized spacial score (nSPS) is 45.2. The Morgan fingerprint density at radius 2 is 1.71 bits per heavy atom. The highest BCUT2D eigenvalue weighted by Gasteiger charge is 2.58. The van der Waals surface area contributed by atoms with Crippen LogP contribution >= 0.6 is 0 Å². The second kappa shape index (κ2) is 7.93. The van der Waals surface area contributed by atoms with Gasteiger partial charge in [0.15, 0.2) is 0 Å². The van der Waals surface area contributed by atoms with Gasteiger partial charge in [0, 0.05) is 12.6 Å². The molecular weight excluding hydrogens is 344 g/mol. The minimum absolute atomic E-state index is 0.471. The summed E-state index contributed by atoms with van der Waals surface area (Å²) in [4.78, 5) is 16.3. The van der Waals surface area contributed by atoms with Crippen LogP contribution < -0.4 is 0 Å². The third-order valence-electron chi connectivity index (χ3n) is 10.00. The molecule has 28 heavy (non-hydrogen) atoms. The Labute approximate surface area is 173 Å². The van der Waals surface area contributed by atoms with E-state index in [2.05, 4.69) is 37.7 Å². The second-order valence-electron chi connectivity index (χ2n) is 11.7. The number of nitrogens with zero attached hydrogens (tertiary/aromatic N) is 2. The SMILES string of the molecule is CN(C)CCCN(C=O)C1CCC2CC[C@@H]3[C@@H](CC[C@]4(C)CCC[C@@H]34)[C@@]2(C)C1. The van der Waals surface area contributed by atoms with Crippen molar-refractivity contribution in [1.82, 2.24) is 9.80 Å². The molecule has 160 valence electrons. The maximum absolute atomic E-state index is 11.9. The lowest BCUT2D eigenvalue weighted by Crippen LogP contribution is -2.55. The molecule has 0 aromatic rings. The largest absolute Gasteiger partial charge is 0.342 e. The van der Waals surface area contributed by atoms with Crippen molar-refractivity contribution < 1.29 is 4.79 Å². The van der Waals surface area contributed by atoms with Crippen LogP contribution in [0.5, 0.6) is 0 Å². The van der Waals surface area contributed by atoms with Crippen molar-refractivity contribution in [2.45, 2.75) is 90.5 Å². The summed E-state index contributed by atoms with van der Waals surface area (Å²) in [6, 6.07) is 0.483. The number of hydrogen-bond acceptors (Lipinski definition) is 2. The molecule has 0 aromatic heterocycles. The molecule has 3 heteroatoms. The molecule has 0 spiro atoms. The highest BCUT2D eigenvalue weighted by atomic mass is 16.1. The van der Waals surface area contributed by atoms with Gasteiger partial charge in [0.25, 0.3) is 0 Å². The van der Waals surface area contributed by atoms with Crippen LogP contribution in [0.25, 0.3) is 0 Å². The maximum Gasteiger partial charge on any atom is 0.209 e. The van der Waals surface area contributed by atoms with Gasteiger partial charge in [0.1, 0.15) is 0 Å². The molecule has 4 rings (SSSR count). The topological polar surface area (TPSA) is 23.6 Å². The van der Waals surface area contributed by atoms with Crippen LogP contribution in [0.3, 0.4) is 0 Å². The van der Waals surface area contributed by atoms with Crippen LogP contribution in [-0.2, 0) is 4.79 Å². The Hall–Kier alpha value is -0.570. The fraction of sp³-hybridized carbons (Fsp3) is 0.960. The summed E-state index contributed by atoms with van der Waals surface area (Å²) in [5.74, 6) is 3.79. The van der Waals surface area contributed by atoms with E-state index in [1.54, 1.807) is 0 Å². The van der Waals surface area contributed by atoms with Crippen LogP contribution in [-0.4, -0.2) is 49.4 Å². The van der Waals surface area contributed by atoms with Crippen molar-refractivity contribution in [2.75, 3.05) is 27.2 Å². The molecule has 4 saturated carbocycles. The van der Waals surface area contributed by atoms with Crippen molar-refractivity contribution in [2.24, 2.45) is 34.5 Å². The minimum Gasteiger partial charge on any atom is -0.342 e. The highest BCUT2D eigenvalue weighted by Crippen LogP contribution is 2.66. The number of fused-ring (bicyclic) bond motifs is 5. The standard InChI is InChI=1S/C25H44N2O/c1-24-13-5-7-22(24)21-11-9-19-8-10-20(17-25(19,2)23(21)12-14-24)27(18-28)16-6-15-26(3)4/h18-23H,5-17H2,1-4H3/t19?,20?,21-,22-,23+,24-,25-/m0/s1. The first-order valence-electron chi connectivity index (χ1n) is 12.2. The van der Waals surface area contributed by atoms with Crippen molar-refractivity contribution in [1.29, 1.82) is 0 Å². The molecular formula is C25H44N2O. The average molecular weight is 389 g/mol. The van der Waals surface area contributed by atoms with Crippen LogP contribution in [0.2, 0.25) is 0 Å². The monoisotopic (exact) mass is 388 g/mol. The Bertz CT molecular complexity index is 563. The van der Waals surface area contributed by atoms with E-state index in [9.17, 15) is 4.79 Å². The fourth-order valence-electron chi connectivity index (χ4n) is 8.50. The molecule has 4 fully saturated rings. The lowest BCUT2D eigenvalue weighted by atomic mass is 9.45. The Balaban J connectivity index is 1.47. The Morgan fingerprint density at radius 3 is 2.46 bits per heavy atom. The molecule has 4 aliphatic carbocycles. The van der Waals surface area contributed by atoms with E-state index in [-0.39, 0.29) is 0 Å². The average Bonchev–Trinajstić information content (AvgIpc) is 3.06. The van der Waals surface area contributed by atoms with Gasteiger partial charge in [-0.05, 0) is 119 Å². The molecule has 0 N–H and O–H groups in total. The van der Waals surface area contributed by atoms with Crippen LogP contribution in [0.4, 0.5) is 0 Å². The predicted molar refractivity (Wildman–Crippen MR) is 116 cm³/mol. The Kier molecular flexibility index (Phi) is 5.86. The lowest BCUT2D eigenvalue weighted by molar-refractivity contribution is -0.132. The molecule has 3 nitrogen and oxygen atoms in total. The third-order valence-corrected chi connectivity index (χ3v) is 10.00. The molecule has 0 radical (unpaired) electrons. The van der Waals surface area contributed by atoms with Gasteiger partial charge in [0.2, 0.25) is 6.41 Å². The summed E-state index contributed by atoms with van der Waals surface area (Å²) in [6.07, 6.45) is 16.4. The van der Waals surface area contributed by atoms with Crippen LogP contribution in [0.1, 0.15) is 84.5 Å². The van der Waals surface area contributed by atoms with Crippen molar-refractivity contribution in [3.63, 3.8) is 0 Å². The van der Waals surface area contributed by atoms with E-state index in [0.29, 0.717) is 16.9 Å². The zero-order chi connectivity index (χ0) is 19.9. The molecule has 7 atom stereocenters. The zero-order valence-electron chi connectivity index (χ0n) is 19.0. The molecule has 0 aliphatic heterocycles. The van der Waals surface area contributed by atoms with Gasteiger partial charge in [-0.25, -0.2) is 0 Å². The van der Waals surface area contributed by atoms with Gasteiger partial charge >= 0.3 is 0 Å². The van der Waals surface area contributed by atoms with E-state index in [1.165, 1.54) is 70.6 Å². The first-order chi connectivity index (χ1) is 13.4. The van der Waals surface area contributed by atoms with Crippen molar-refractivity contribution in [3.05, 3.63) is 0 Å². The van der Waals surface area contributed by atoms with E-state index < -0.39 is 0 Å². The third kappa shape index (κ3) is 3.55. The van der Waals surface area contributed by atoms with Gasteiger partial charge < -0.3 is 9.80 Å². The first kappa shape index (κ1) is 20.7. The summed E-state index contributed by atoms with van der Waals surface area (Å²) in [5, 5.41) is 0. The van der Waals surface area contributed by atoms with Gasteiger partial charge in [-0.15, -0.1) is 0 Å². The van der Waals surface area contributed by atoms with Crippen molar-refractivity contribution in [3.8, 4) is 0 Å². The van der Waals surface area contributed by atoms with E-state index in [1.807, 2.05) is 0 Å². The second-order valence-corrected chi connectivity index (χ2v) is 11.7. The van der Waals surface area contributed by atoms with Crippen LogP contribution in [0.15, 0.2) is 0 Å². The lowest BCUT2D eigenvalue weighted by Gasteiger charge is -2.61. The number of carbonyl (C=O) groups is 1. The molecule has 0 aromatic carbocycles.